The van der Waals surface area contributed by atoms with Gasteiger partial charge in [0, 0.05) is 18.8 Å². The van der Waals surface area contributed by atoms with E-state index in [1.165, 1.54) is 82.4 Å². The first kappa shape index (κ1) is 29.8. The zero-order chi connectivity index (χ0) is 27.6. The number of carbonyl (C=O) groups is 1. The van der Waals surface area contributed by atoms with Gasteiger partial charge < -0.3 is 5.32 Å². The standard InChI is InChI=1S/C31H44N4O2S2/c1-3-4-5-6-7-8-9-10-11-15-20-34-30(37)26(39-31(34)38)21-25-28(32-24-16-13-12-14-17-24)33-27-19-18-23(2)22-35(27)29(25)36/h18-19,21-22,24,32H,3-17,20H2,1-2H3/b26-21+. The van der Waals surface area contributed by atoms with Crippen LogP contribution in [0.15, 0.2) is 28.0 Å². The number of carbonyl (C=O) groups excluding carboxylic acids is 1. The van der Waals surface area contributed by atoms with Gasteiger partial charge in [-0.2, -0.15) is 0 Å². The van der Waals surface area contributed by atoms with Gasteiger partial charge in [-0.1, -0.05) is 114 Å². The Bertz CT molecular complexity index is 1230. The molecule has 0 bridgehead atoms. The van der Waals surface area contributed by atoms with Crippen LogP contribution in [-0.4, -0.2) is 37.1 Å². The predicted molar refractivity (Wildman–Crippen MR) is 168 cm³/mol. The van der Waals surface area contributed by atoms with E-state index in [4.69, 9.17) is 17.2 Å². The quantitative estimate of drug-likeness (QED) is 0.142. The van der Waals surface area contributed by atoms with Crippen molar-refractivity contribution >= 4 is 51.7 Å². The van der Waals surface area contributed by atoms with Crippen molar-refractivity contribution in [2.75, 3.05) is 11.9 Å². The van der Waals surface area contributed by atoms with Crippen molar-refractivity contribution in [1.29, 1.82) is 0 Å². The van der Waals surface area contributed by atoms with Crippen molar-refractivity contribution in [1.82, 2.24) is 14.3 Å². The lowest BCUT2D eigenvalue weighted by atomic mass is 9.95. The highest BCUT2D eigenvalue weighted by molar-refractivity contribution is 8.26. The average molecular weight is 569 g/mol. The number of rotatable bonds is 14. The number of aromatic nitrogens is 2. The number of thiocarbonyl (C=S) groups is 1. The van der Waals surface area contributed by atoms with Crippen LogP contribution < -0.4 is 10.9 Å². The molecule has 2 aliphatic rings. The molecule has 4 rings (SSSR count). The fourth-order valence-corrected chi connectivity index (χ4v) is 6.81. The number of anilines is 1. The van der Waals surface area contributed by atoms with Gasteiger partial charge in [0.05, 0.1) is 10.5 Å². The van der Waals surface area contributed by atoms with Crippen molar-refractivity contribution in [2.45, 2.75) is 116 Å². The van der Waals surface area contributed by atoms with Gasteiger partial charge in [0.15, 0.2) is 0 Å². The molecule has 0 unspecified atom stereocenters. The highest BCUT2D eigenvalue weighted by Gasteiger charge is 2.32. The predicted octanol–water partition coefficient (Wildman–Crippen LogP) is 7.87. The molecule has 1 aliphatic carbocycles. The van der Waals surface area contributed by atoms with E-state index in [-0.39, 0.29) is 17.5 Å². The molecule has 0 atom stereocenters. The largest absolute Gasteiger partial charge is 0.367 e. The Morgan fingerprint density at radius 2 is 1.67 bits per heavy atom. The number of aryl methyl sites for hydroxylation is 1. The summed E-state index contributed by atoms with van der Waals surface area (Å²) in [5, 5.41) is 3.54. The number of hydrogen-bond donors (Lipinski definition) is 1. The molecule has 212 valence electrons. The molecular weight excluding hydrogens is 525 g/mol. The van der Waals surface area contributed by atoms with Crippen LogP contribution in [0.2, 0.25) is 0 Å². The number of amides is 1. The van der Waals surface area contributed by atoms with Crippen molar-refractivity contribution in [2.24, 2.45) is 0 Å². The average Bonchev–Trinajstić information content (AvgIpc) is 3.20. The molecule has 1 amide bonds. The summed E-state index contributed by atoms with van der Waals surface area (Å²) >= 11 is 6.88. The number of nitrogens with zero attached hydrogens (tertiary/aromatic N) is 3. The number of thioether (sulfide) groups is 1. The molecule has 1 saturated heterocycles. The van der Waals surface area contributed by atoms with Crippen LogP contribution in [-0.2, 0) is 4.79 Å². The Hall–Kier alpha value is -2.19. The summed E-state index contributed by atoms with van der Waals surface area (Å²) in [6.45, 7) is 4.85. The third-order valence-corrected chi connectivity index (χ3v) is 9.21. The summed E-state index contributed by atoms with van der Waals surface area (Å²) in [4.78, 5) is 34.0. The molecule has 6 nitrogen and oxygen atoms in total. The zero-order valence-corrected chi connectivity index (χ0v) is 25.3. The molecule has 2 aromatic heterocycles. The summed E-state index contributed by atoms with van der Waals surface area (Å²) in [5.74, 6) is 0.467. The van der Waals surface area contributed by atoms with E-state index in [2.05, 4.69) is 12.2 Å². The Kier molecular flexibility index (Phi) is 11.4. The normalized spacial score (nSPS) is 17.6. The molecule has 3 heterocycles. The van der Waals surface area contributed by atoms with Crippen LogP contribution in [0.1, 0.15) is 114 Å². The lowest BCUT2D eigenvalue weighted by molar-refractivity contribution is -0.122. The van der Waals surface area contributed by atoms with Crippen LogP contribution in [0.3, 0.4) is 0 Å². The number of fused-ring (bicyclic) bond motifs is 1. The minimum Gasteiger partial charge on any atom is -0.367 e. The topological polar surface area (TPSA) is 66.7 Å². The molecule has 1 saturated carbocycles. The number of hydrogen-bond acceptors (Lipinski definition) is 6. The number of pyridine rings is 1. The molecular formula is C31H44N4O2S2. The third-order valence-electron chi connectivity index (χ3n) is 7.84. The Morgan fingerprint density at radius 3 is 2.36 bits per heavy atom. The summed E-state index contributed by atoms with van der Waals surface area (Å²) in [5.41, 5.74) is 1.85. The number of nitrogens with one attached hydrogen (secondary N) is 1. The van der Waals surface area contributed by atoms with Gasteiger partial charge >= 0.3 is 0 Å². The lowest BCUT2D eigenvalue weighted by Crippen LogP contribution is -2.29. The third kappa shape index (κ3) is 8.16. The van der Waals surface area contributed by atoms with Crippen molar-refractivity contribution in [3.8, 4) is 0 Å². The first-order valence-corrected chi connectivity index (χ1v) is 16.3. The molecule has 8 heteroatoms. The fraction of sp³-hybridized carbons (Fsp3) is 0.613. The molecule has 2 aromatic rings. The Balaban J connectivity index is 1.42. The first-order valence-electron chi connectivity index (χ1n) is 15.0. The second-order valence-electron chi connectivity index (χ2n) is 11.1. The molecule has 2 fully saturated rings. The maximum absolute atomic E-state index is 13.6. The smallest absolute Gasteiger partial charge is 0.267 e. The monoisotopic (exact) mass is 568 g/mol. The van der Waals surface area contributed by atoms with Crippen molar-refractivity contribution < 1.29 is 4.79 Å². The highest BCUT2D eigenvalue weighted by Crippen LogP contribution is 2.34. The lowest BCUT2D eigenvalue weighted by Gasteiger charge is -2.24. The van der Waals surface area contributed by atoms with E-state index in [0.717, 1.165) is 31.2 Å². The maximum Gasteiger partial charge on any atom is 0.267 e. The summed E-state index contributed by atoms with van der Waals surface area (Å²) in [6.07, 6.45) is 21.8. The van der Waals surface area contributed by atoms with E-state index in [9.17, 15) is 9.59 Å². The van der Waals surface area contributed by atoms with E-state index in [1.807, 2.05) is 25.3 Å². The molecule has 1 aliphatic heterocycles. The van der Waals surface area contributed by atoms with Gasteiger partial charge in [-0.15, -0.1) is 0 Å². The van der Waals surface area contributed by atoms with Gasteiger partial charge in [-0.25, -0.2) is 4.98 Å². The first-order chi connectivity index (χ1) is 19.0. The summed E-state index contributed by atoms with van der Waals surface area (Å²) in [7, 11) is 0. The van der Waals surface area contributed by atoms with Gasteiger partial charge in [-0.05, 0) is 43.9 Å². The minimum absolute atomic E-state index is 0.0988. The van der Waals surface area contributed by atoms with Crippen LogP contribution >= 0.6 is 24.0 Å². The van der Waals surface area contributed by atoms with Crippen LogP contribution in [0.5, 0.6) is 0 Å². The second kappa shape index (κ2) is 15.0. The second-order valence-corrected chi connectivity index (χ2v) is 12.8. The van der Waals surface area contributed by atoms with E-state index in [1.54, 1.807) is 15.4 Å². The maximum atomic E-state index is 13.6. The Morgan fingerprint density at radius 1 is 1.00 bits per heavy atom. The highest BCUT2D eigenvalue weighted by atomic mass is 32.2. The summed E-state index contributed by atoms with van der Waals surface area (Å²) < 4.78 is 2.16. The minimum atomic E-state index is -0.165. The van der Waals surface area contributed by atoms with Gasteiger partial charge in [0.1, 0.15) is 15.8 Å². The van der Waals surface area contributed by atoms with Crippen LogP contribution in [0, 0.1) is 6.92 Å². The van der Waals surface area contributed by atoms with Crippen molar-refractivity contribution in [3.05, 3.63) is 44.7 Å². The van der Waals surface area contributed by atoms with E-state index < -0.39 is 0 Å². The molecule has 0 radical (unpaired) electrons. The van der Waals surface area contributed by atoms with Gasteiger partial charge in [0.2, 0.25) is 0 Å². The van der Waals surface area contributed by atoms with Crippen LogP contribution in [0.25, 0.3) is 11.7 Å². The molecule has 1 N–H and O–H groups in total. The van der Waals surface area contributed by atoms with E-state index in [0.29, 0.717) is 32.8 Å². The SMILES string of the molecule is CCCCCCCCCCCCN1C(=O)/C(=C\c2c(NC3CCCCC3)nc3ccc(C)cn3c2=O)SC1=S. The molecule has 39 heavy (non-hydrogen) atoms. The summed E-state index contributed by atoms with van der Waals surface area (Å²) in [6, 6.07) is 4.12. The molecule has 0 aromatic carbocycles. The molecule has 0 spiro atoms. The van der Waals surface area contributed by atoms with E-state index >= 15 is 0 Å². The zero-order valence-electron chi connectivity index (χ0n) is 23.7. The van der Waals surface area contributed by atoms with Gasteiger partial charge in [-0.3, -0.25) is 18.9 Å². The fourth-order valence-electron chi connectivity index (χ4n) is 5.52. The Labute approximate surface area is 243 Å². The van der Waals surface area contributed by atoms with Gasteiger partial charge in [0.25, 0.3) is 11.5 Å². The van der Waals surface area contributed by atoms with Crippen LogP contribution in [0.4, 0.5) is 5.82 Å². The number of unbranched alkanes of at least 4 members (excludes halogenated alkanes) is 9. The van der Waals surface area contributed by atoms with Crippen molar-refractivity contribution in [3.63, 3.8) is 0 Å².